The van der Waals surface area contributed by atoms with E-state index >= 15 is 0 Å². The number of methoxy groups -OCH3 is 1. The highest BCUT2D eigenvalue weighted by Crippen LogP contribution is 2.39. The molecule has 1 aliphatic rings. The summed E-state index contributed by atoms with van der Waals surface area (Å²) in [6, 6.07) is 13.4. The molecule has 150 valence electrons. The van der Waals surface area contributed by atoms with Crippen molar-refractivity contribution in [2.24, 2.45) is 0 Å². The fourth-order valence-electron chi connectivity index (χ4n) is 3.99. The fraction of sp³-hybridized carbons (Fsp3) is 0.458. The van der Waals surface area contributed by atoms with Gasteiger partial charge in [-0.05, 0) is 60.1 Å². The molecule has 0 aromatic heterocycles. The van der Waals surface area contributed by atoms with E-state index in [-0.39, 0.29) is 5.41 Å². The standard InChI is InChI=1S/C24H30O4/c1-4-8-18-9-14-21(22(17-18)26-3)28-23(25)27-20-12-10-19(11-13-20)24(2)15-6-5-7-16-24/h9-14,17H,4-8,15-16H2,1-3H3. The molecule has 0 unspecified atom stereocenters. The fourth-order valence-corrected chi connectivity index (χ4v) is 3.99. The van der Waals surface area contributed by atoms with Gasteiger partial charge in [0.2, 0.25) is 0 Å². The summed E-state index contributed by atoms with van der Waals surface area (Å²) in [5, 5.41) is 0. The molecule has 0 amide bonds. The Morgan fingerprint density at radius 1 is 0.964 bits per heavy atom. The molecule has 0 atom stereocenters. The first-order valence-corrected chi connectivity index (χ1v) is 10.2. The zero-order valence-corrected chi connectivity index (χ0v) is 17.1. The van der Waals surface area contributed by atoms with Gasteiger partial charge in [0.1, 0.15) is 5.75 Å². The van der Waals surface area contributed by atoms with Crippen LogP contribution >= 0.6 is 0 Å². The van der Waals surface area contributed by atoms with Crippen LogP contribution in [0.5, 0.6) is 17.2 Å². The predicted octanol–water partition coefficient (Wildman–Crippen LogP) is 6.45. The highest BCUT2D eigenvalue weighted by Gasteiger charge is 2.28. The van der Waals surface area contributed by atoms with Gasteiger partial charge in [0.15, 0.2) is 11.5 Å². The summed E-state index contributed by atoms with van der Waals surface area (Å²) in [6.07, 6.45) is 7.53. The second kappa shape index (κ2) is 9.13. The first-order valence-electron chi connectivity index (χ1n) is 10.2. The van der Waals surface area contributed by atoms with Crippen molar-refractivity contribution in [2.45, 2.75) is 64.2 Å². The van der Waals surface area contributed by atoms with Crippen molar-refractivity contribution in [3.63, 3.8) is 0 Å². The lowest BCUT2D eigenvalue weighted by Gasteiger charge is -2.34. The maximum absolute atomic E-state index is 12.2. The molecular formula is C24H30O4. The van der Waals surface area contributed by atoms with Gasteiger partial charge in [-0.25, -0.2) is 4.79 Å². The molecule has 4 nitrogen and oxygen atoms in total. The Bertz CT molecular complexity index is 789. The third-order valence-electron chi connectivity index (χ3n) is 5.67. The van der Waals surface area contributed by atoms with Crippen LogP contribution in [0.2, 0.25) is 0 Å². The van der Waals surface area contributed by atoms with E-state index in [1.54, 1.807) is 13.2 Å². The normalized spacial score (nSPS) is 15.7. The lowest BCUT2D eigenvalue weighted by molar-refractivity contribution is 0.150. The van der Waals surface area contributed by atoms with Crippen LogP contribution in [0.4, 0.5) is 4.79 Å². The molecule has 2 aromatic rings. The van der Waals surface area contributed by atoms with Crippen LogP contribution in [-0.4, -0.2) is 13.3 Å². The monoisotopic (exact) mass is 382 g/mol. The largest absolute Gasteiger partial charge is 0.519 e. The smallest absolute Gasteiger partial charge is 0.493 e. The molecule has 1 aliphatic carbocycles. The predicted molar refractivity (Wildman–Crippen MR) is 111 cm³/mol. The number of carbonyl (C=O) groups excluding carboxylic acids is 1. The van der Waals surface area contributed by atoms with Crippen LogP contribution in [0.25, 0.3) is 0 Å². The van der Waals surface area contributed by atoms with Gasteiger partial charge in [-0.1, -0.05) is 57.7 Å². The molecule has 1 saturated carbocycles. The summed E-state index contributed by atoms with van der Waals surface area (Å²) in [4.78, 5) is 12.2. The van der Waals surface area contributed by atoms with Crippen LogP contribution in [0, 0.1) is 0 Å². The quantitative estimate of drug-likeness (QED) is 0.425. The van der Waals surface area contributed by atoms with E-state index in [1.165, 1.54) is 37.7 Å². The SMILES string of the molecule is CCCc1ccc(OC(=O)Oc2ccc(C3(C)CCCCC3)cc2)c(OC)c1. The number of hydrogen-bond donors (Lipinski definition) is 0. The number of ether oxygens (including phenoxy) is 3. The molecule has 28 heavy (non-hydrogen) atoms. The summed E-state index contributed by atoms with van der Waals surface area (Å²) in [5.41, 5.74) is 2.68. The van der Waals surface area contributed by atoms with Gasteiger partial charge in [-0.3, -0.25) is 0 Å². The highest BCUT2D eigenvalue weighted by molar-refractivity contribution is 5.68. The van der Waals surface area contributed by atoms with Gasteiger partial charge < -0.3 is 14.2 Å². The minimum Gasteiger partial charge on any atom is -0.493 e. The van der Waals surface area contributed by atoms with Gasteiger partial charge in [0.25, 0.3) is 0 Å². The number of aryl methyl sites for hydroxylation is 1. The Kier molecular flexibility index (Phi) is 6.61. The van der Waals surface area contributed by atoms with Gasteiger partial charge in [0.05, 0.1) is 7.11 Å². The van der Waals surface area contributed by atoms with Gasteiger partial charge in [0, 0.05) is 0 Å². The number of benzene rings is 2. The van der Waals surface area contributed by atoms with E-state index < -0.39 is 6.16 Å². The van der Waals surface area contributed by atoms with E-state index in [2.05, 4.69) is 26.0 Å². The van der Waals surface area contributed by atoms with Crippen molar-refractivity contribution in [3.05, 3.63) is 53.6 Å². The molecule has 0 radical (unpaired) electrons. The Labute approximate surface area is 167 Å². The first-order chi connectivity index (χ1) is 13.5. The molecule has 0 N–H and O–H groups in total. The summed E-state index contributed by atoms with van der Waals surface area (Å²) >= 11 is 0. The third kappa shape index (κ3) is 4.86. The number of carbonyl (C=O) groups is 1. The van der Waals surface area contributed by atoms with E-state index in [0.29, 0.717) is 17.2 Å². The van der Waals surface area contributed by atoms with E-state index in [1.807, 2.05) is 24.3 Å². The molecule has 0 saturated heterocycles. The minimum absolute atomic E-state index is 0.227. The van der Waals surface area contributed by atoms with Crippen LogP contribution in [0.3, 0.4) is 0 Å². The zero-order valence-electron chi connectivity index (χ0n) is 17.1. The molecule has 2 aromatic carbocycles. The van der Waals surface area contributed by atoms with Crippen molar-refractivity contribution in [1.29, 1.82) is 0 Å². The van der Waals surface area contributed by atoms with Crippen molar-refractivity contribution in [3.8, 4) is 17.2 Å². The second-order valence-electron chi connectivity index (χ2n) is 7.84. The Hall–Kier alpha value is -2.49. The van der Waals surface area contributed by atoms with E-state index in [0.717, 1.165) is 18.4 Å². The average Bonchev–Trinajstić information content (AvgIpc) is 2.70. The molecule has 0 bridgehead atoms. The van der Waals surface area contributed by atoms with Crippen LogP contribution < -0.4 is 14.2 Å². The lowest BCUT2D eigenvalue weighted by Crippen LogP contribution is -2.24. The third-order valence-corrected chi connectivity index (χ3v) is 5.67. The number of rotatable bonds is 6. The van der Waals surface area contributed by atoms with Crippen molar-refractivity contribution in [1.82, 2.24) is 0 Å². The van der Waals surface area contributed by atoms with Gasteiger partial charge in [-0.2, -0.15) is 0 Å². The van der Waals surface area contributed by atoms with Crippen LogP contribution in [-0.2, 0) is 11.8 Å². The van der Waals surface area contributed by atoms with Crippen LogP contribution in [0.15, 0.2) is 42.5 Å². The Morgan fingerprint density at radius 2 is 1.68 bits per heavy atom. The second-order valence-corrected chi connectivity index (χ2v) is 7.84. The van der Waals surface area contributed by atoms with E-state index in [4.69, 9.17) is 14.2 Å². The number of hydrogen-bond acceptors (Lipinski definition) is 4. The van der Waals surface area contributed by atoms with Crippen LogP contribution in [0.1, 0.15) is 63.5 Å². The highest BCUT2D eigenvalue weighted by atomic mass is 16.7. The topological polar surface area (TPSA) is 44.8 Å². The lowest BCUT2D eigenvalue weighted by atomic mass is 9.71. The first kappa shape index (κ1) is 20.2. The van der Waals surface area contributed by atoms with E-state index in [9.17, 15) is 4.79 Å². The summed E-state index contributed by atoms with van der Waals surface area (Å²) in [5.74, 6) is 1.37. The van der Waals surface area contributed by atoms with Crippen molar-refractivity contribution in [2.75, 3.05) is 7.11 Å². The van der Waals surface area contributed by atoms with Crippen molar-refractivity contribution >= 4 is 6.16 Å². The minimum atomic E-state index is -0.766. The molecule has 0 spiro atoms. The summed E-state index contributed by atoms with van der Waals surface area (Å²) in [7, 11) is 1.56. The maximum Gasteiger partial charge on any atom is 0.519 e. The summed E-state index contributed by atoms with van der Waals surface area (Å²) in [6.45, 7) is 4.44. The van der Waals surface area contributed by atoms with Crippen molar-refractivity contribution < 1.29 is 19.0 Å². The molecule has 4 heteroatoms. The molecular weight excluding hydrogens is 352 g/mol. The Morgan fingerprint density at radius 3 is 2.32 bits per heavy atom. The van der Waals surface area contributed by atoms with Gasteiger partial charge in [-0.15, -0.1) is 0 Å². The molecule has 3 rings (SSSR count). The van der Waals surface area contributed by atoms with Gasteiger partial charge >= 0.3 is 6.16 Å². The molecule has 1 fully saturated rings. The molecule has 0 heterocycles. The molecule has 0 aliphatic heterocycles. The summed E-state index contributed by atoms with van der Waals surface area (Å²) < 4.78 is 16.1. The average molecular weight is 383 g/mol. The zero-order chi connectivity index (χ0) is 20.0. The Balaban J connectivity index is 1.63. The maximum atomic E-state index is 12.2.